The van der Waals surface area contributed by atoms with E-state index in [9.17, 15) is 0 Å². The molecule has 0 saturated carbocycles. The van der Waals surface area contributed by atoms with Crippen LogP contribution >= 0.6 is 0 Å². The van der Waals surface area contributed by atoms with E-state index in [-0.39, 0.29) is 0 Å². The van der Waals surface area contributed by atoms with Gasteiger partial charge in [-0.25, -0.2) is 9.97 Å². The lowest BCUT2D eigenvalue weighted by Gasteiger charge is -2.11. The fraction of sp³-hybridized carbons (Fsp3) is 0. The molecule has 0 amide bonds. The third-order valence-corrected chi connectivity index (χ3v) is 7.44. The highest BCUT2D eigenvalue weighted by molar-refractivity contribution is 6.13. The van der Waals surface area contributed by atoms with E-state index in [0.717, 1.165) is 78.0 Å². The maximum atomic E-state index is 6.34. The number of fused-ring (bicyclic) bond motifs is 4. The lowest BCUT2D eigenvalue weighted by atomic mass is 9.97. The van der Waals surface area contributed by atoms with Gasteiger partial charge in [0.15, 0.2) is 0 Å². The molecule has 188 valence electrons. The molecule has 0 aliphatic rings. The number of aromatic amines is 1. The van der Waals surface area contributed by atoms with Crippen molar-refractivity contribution in [2.45, 2.75) is 0 Å². The monoisotopic (exact) mass is 513 g/mol. The standard InChI is InChI=1S/C36H23N3O/c1-3-10-23(11-4-1)26-21-31(24-12-5-2-6-13-24)37-32(22-26)27-14-9-17-34-35(27)28-20-25(18-19-33(28)40-34)36-38-29-15-7-8-16-30(29)39-36/h1-22H,(H,38,39). The van der Waals surface area contributed by atoms with Crippen molar-refractivity contribution < 1.29 is 4.42 Å². The molecule has 3 aromatic heterocycles. The van der Waals surface area contributed by atoms with Crippen molar-refractivity contribution >= 4 is 33.0 Å². The number of nitrogens with one attached hydrogen (secondary N) is 1. The van der Waals surface area contributed by atoms with Crippen LogP contribution in [0.25, 0.3) is 78.0 Å². The molecule has 0 unspecified atom stereocenters. The summed E-state index contributed by atoms with van der Waals surface area (Å²) in [5.41, 5.74) is 10.9. The molecule has 0 fully saturated rings. The van der Waals surface area contributed by atoms with Crippen LogP contribution in [0.3, 0.4) is 0 Å². The first kappa shape index (κ1) is 22.5. The van der Waals surface area contributed by atoms with Crippen LogP contribution in [-0.4, -0.2) is 15.0 Å². The molecule has 0 aliphatic carbocycles. The Balaban J connectivity index is 1.36. The molecule has 0 saturated heterocycles. The second-order valence-corrected chi connectivity index (χ2v) is 9.95. The highest BCUT2D eigenvalue weighted by Crippen LogP contribution is 2.39. The van der Waals surface area contributed by atoms with E-state index >= 15 is 0 Å². The predicted molar refractivity (Wildman–Crippen MR) is 163 cm³/mol. The average Bonchev–Trinajstić information content (AvgIpc) is 3.63. The zero-order chi connectivity index (χ0) is 26.5. The van der Waals surface area contributed by atoms with E-state index in [0.29, 0.717) is 0 Å². The Bertz CT molecular complexity index is 2070. The van der Waals surface area contributed by atoms with Gasteiger partial charge in [-0.2, -0.15) is 0 Å². The van der Waals surface area contributed by atoms with Crippen molar-refractivity contribution in [1.82, 2.24) is 15.0 Å². The lowest BCUT2D eigenvalue weighted by molar-refractivity contribution is 0.669. The Labute approximate surface area is 230 Å². The zero-order valence-corrected chi connectivity index (χ0v) is 21.5. The third kappa shape index (κ3) is 3.77. The number of hydrogen-bond donors (Lipinski definition) is 1. The Hall–Kier alpha value is -5.48. The average molecular weight is 514 g/mol. The summed E-state index contributed by atoms with van der Waals surface area (Å²) in [6, 6.07) is 45.7. The molecule has 8 aromatic rings. The van der Waals surface area contributed by atoms with Crippen molar-refractivity contribution in [3.05, 3.63) is 133 Å². The molecule has 40 heavy (non-hydrogen) atoms. The van der Waals surface area contributed by atoms with Crippen molar-refractivity contribution in [3.8, 4) is 45.0 Å². The molecule has 1 N–H and O–H groups in total. The first-order valence-corrected chi connectivity index (χ1v) is 13.3. The van der Waals surface area contributed by atoms with Crippen LogP contribution in [0.2, 0.25) is 0 Å². The number of aromatic nitrogens is 3. The summed E-state index contributed by atoms with van der Waals surface area (Å²) in [6.07, 6.45) is 0. The molecule has 0 aliphatic heterocycles. The van der Waals surface area contributed by atoms with Gasteiger partial charge in [-0.15, -0.1) is 0 Å². The SMILES string of the molecule is c1ccc(-c2cc(-c3ccccc3)nc(-c3cccc4oc5ccc(-c6nc7ccccc7[nH]6)cc5c34)c2)cc1. The number of furan rings is 1. The van der Waals surface area contributed by atoms with Crippen molar-refractivity contribution in [2.24, 2.45) is 0 Å². The van der Waals surface area contributed by atoms with Gasteiger partial charge in [0.2, 0.25) is 0 Å². The molecule has 8 rings (SSSR count). The van der Waals surface area contributed by atoms with Gasteiger partial charge < -0.3 is 9.40 Å². The maximum Gasteiger partial charge on any atom is 0.138 e. The maximum absolute atomic E-state index is 6.34. The minimum absolute atomic E-state index is 0.836. The van der Waals surface area contributed by atoms with Crippen LogP contribution in [0, 0.1) is 0 Å². The van der Waals surface area contributed by atoms with Crippen LogP contribution in [0.15, 0.2) is 138 Å². The van der Waals surface area contributed by atoms with E-state index in [2.05, 4.69) is 83.8 Å². The summed E-state index contributed by atoms with van der Waals surface area (Å²) < 4.78 is 6.34. The minimum Gasteiger partial charge on any atom is -0.456 e. The molecule has 5 aromatic carbocycles. The van der Waals surface area contributed by atoms with Crippen molar-refractivity contribution in [3.63, 3.8) is 0 Å². The first-order valence-electron chi connectivity index (χ1n) is 13.3. The second-order valence-electron chi connectivity index (χ2n) is 9.95. The number of pyridine rings is 1. The Morgan fingerprint density at radius 2 is 1.25 bits per heavy atom. The van der Waals surface area contributed by atoms with Gasteiger partial charge in [-0.05, 0) is 59.7 Å². The zero-order valence-electron chi connectivity index (χ0n) is 21.5. The van der Waals surface area contributed by atoms with E-state index in [1.54, 1.807) is 0 Å². The van der Waals surface area contributed by atoms with E-state index in [1.165, 1.54) is 0 Å². The third-order valence-electron chi connectivity index (χ3n) is 7.44. The Kier molecular flexibility index (Phi) is 5.10. The Morgan fingerprint density at radius 3 is 2.08 bits per heavy atom. The quantitative estimate of drug-likeness (QED) is 0.255. The summed E-state index contributed by atoms with van der Waals surface area (Å²) in [4.78, 5) is 13.5. The van der Waals surface area contributed by atoms with Gasteiger partial charge in [0, 0.05) is 27.5 Å². The minimum atomic E-state index is 0.836. The molecule has 0 atom stereocenters. The van der Waals surface area contributed by atoms with Crippen molar-refractivity contribution in [1.29, 1.82) is 0 Å². The van der Waals surface area contributed by atoms with Gasteiger partial charge in [-0.1, -0.05) is 84.9 Å². The van der Waals surface area contributed by atoms with Crippen LogP contribution < -0.4 is 0 Å². The smallest absolute Gasteiger partial charge is 0.138 e. The first-order chi connectivity index (χ1) is 19.8. The summed E-state index contributed by atoms with van der Waals surface area (Å²) in [5.74, 6) is 0.838. The van der Waals surface area contributed by atoms with Crippen LogP contribution in [-0.2, 0) is 0 Å². The topological polar surface area (TPSA) is 54.7 Å². The molecular formula is C36H23N3O. The number of benzene rings is 5. The van der Waals surface area contributed by atoms with Crippen LogP contribution in [0.5, 0.6) is 0 Å². The molecule has 0 bridgehead atoms. The number of nitrogens with zero attached hydrogens (tertiary/aromatic N) is 2. The summed E-state index contributed by atoms with van der Waals surface area (Å²) in [6.45, 7) is 0. The van der Waals surface area contributed by atoms with E-state index in [1.807, 2.05) is 54.6 Å². The molecule has 4 heteroatoms. The van der Waals surface area contributed by atoms with Gasteiger partial charge in [0.1, 0.15) is 17.0 Å². The molecule has 3 heterocycles. The Morgan fingerprint density at radius 1 is 0.500 bits per heavy atom. The van der Waals surface area contributed by atoms with Crippen LogP contribution in [0.4, 0.5) is 0 Å². The molecule has 4 nitrogen and oxygen atoms in total. The summed E-state index contributed by atoms with van der Waals surface area (Å²) >= 11 is 0. The number of H-pyrrole nitrogens is 1. The molecule has 0 spiro atoms. The highest BCUT2D eigenvalue weighted by atomic mass is 16.3. The predicted octanol–water partition coefficient (Wildman–Crippen LogP) is 9.53. The van der Waals surface area contributed by atoms with Crippen molar-refractivity contribution in [2.75, 3.05) is 0 Å². The lowest BCUT2D eigenvalue weighted by Crippen LogP contribution is -1.91. The van der Waals surface area contributed by atoms with Gasteiger partial charge in [0.05, 0.1) is 22.4 Å². The van der Waals surface area contributed by atoms with Gasteiger partial charge >= 0.3 is 0 Å². The fourth-order valence-corrected chi connectivity index (χ4v) is 5.50. The van der Waals surface area contributed by atoms with E-state index < -0.39 is 0 Å². The second kappa shape index (κ2) is 9.07. The highest BCUT2D eigenvalue weighted by Gasteiger charge is 2.17. The molecular weight excluding hydrogens is 490 g/mol. The summed E-state index contributed by atoms with van der Waals surface area (Å²) in [7, 11) is 0. The van der Waals surface area contributed by atoms with Gasteiger partial charge in [-0.3, -0.25) is 0 Å². The van der Waals surface area contributed by atoms with E-state index in [4.69, 9.17) is 14.4 Å². The number of para-hydroxylation sites is 2. The molecule has 0 radical (unpaired) electrons. The van der Waals surface area contributed by atoms with Gasteiger partial charge in [0.25, 0.3) is 0 Å². The number of hydrogen-bond acceptors (Lipinski definition) is 3. The normalized spacial score (nSPS) is 11.5. The van der Waals surface area contributed by atoms with Crippen LogP contribution in [0.1, 0.15) is 0 Å². The largest absolute Gasteiger partial charge is 0.456 e. The number of imidazole rings is 1. The fourth-order valence-electron chi connectivity index (χ4n) is 5.50. The summed E-state index contributed by atoms with van der Waals surface area (Å²) in [5, 5.41) is 2.09. The number of rotatable bonds is 4.